The molecule has 4 nitrogen and oxygen atoms in total. The number of hydrogen-bond acceptors (Lipinski definition) is 3. The van der Waals surface area contributed by atoms with Gasteiger partial charge >= 0.3 is 5.69 Å². The number of aromatic nitrogens is 2. The van der Waals surface area contributed by atoms with E-state index in [0.29, 0.717) is 0 Å². The van der Waals surface area contributed by atoms with Crippen LogP contribution in [0.1, 0.15) is 12.5 Å². The zero-order chi connectivity index (χ0) is 12.3. The van der Waals surface area contributed by atoms with Gasteiger partial charge in [-0.15, -0.1) is 0 Å². The number of nitrogens with zero attached hydrogens (tertiary/aromatic N) is 1. The van der Waals surface area contributed by atoms with Crippen molar-refractivity contribution in [2.24, 2.45) is 0 Å². The molecule has 4 heteroatoms. The van der Waals surface area contributed by atoms with Gasteiger partial charge in [0.1, 0.15) is 5.75 Å². The molecule has 0 aliphatic heterocycles. The van der Waals surface area contributed by atoms with Crippen molar-refractivity contribution >= 4 is 0 Å². The number of aryl methyl sites for hydroxylation is 1. The fourth-order valence-corrected chi connectivity index (χ4v) is 1.69. The Balaban J connectivity index is 2.55. The Kier molecular flexibility index (Phi) is 3.23. The molecule has 0 unspecified atom stereocenters. The van der Waals surface area contributed by atoms with Crippen molar-refractivity contribution in [3.05, 3.63) is 46.6 Å². The fraction of sp³-hybridized carbons (Fsp3) is 0.231. The minimum Gasteiger partial charge on any atom is -0.496 e. The van der Waals surface area contributed by atoms with Gasteiger partial charge < -0.3 is 9.72 Å². The highest BCUT2D eigenvalue weighted by Gasteiger charge is 2.07. The Bertz CT molecular complexity index is 555. The lowest BCUT2D eigenvalue weighted by Crippen LogP contribution is -2.08. The van der Waals surface area contributed by atoms with Crippen LogP contribution in [0.2, 0.25) is 0 Å². The minimum atomic E-state index is -0.348. The predicted octanol–water partition coefficient (Wildman–Crippen LogP) is 2.01. The van der Waals surface area contributed by atoms with Crippen molar-refractivity contribution in [2.45, 2.75) is 13.3 Å². The summed E-state index contributed by atoms with van der Waals surface area (Å²) in [5.41, 5.74) is 2.65. The Morgan fingerprint density at radius 2 is 2.24 bits per heavy atom. The molecule has 0 bridgehead atoms. The molecular formula is C13H14N2O2. The van der Waals surface area contributed by atoms with E-state index in [1.54, 1.807) is 19.5 Å². The van der Waals surface area contributed by atoms with Gasteiger partial charge in [-0.25, -0.2) is 9.78 Å². The first-order chi connectivity index (χ1) is 8.24. The number of H-pyrrole nitrogens is 1. The van der Waals surface area contributed by atoms with Gasteiger partial charge in [-0.05, 0) is 24.1 Å². The zero-order valence-electron chi connectivity index (χ0n) is 9.86. The highest BCUT2D eigenvalue weighted by molar-refractivity contribution is 5.69. The van der Waals surface area contributed by atoms with E-state index in [1.807, 2.05) is 18.2 Å². The molecule has 88 valence electrons. The van der Waals surface area contributed by atoms with Crippen molar-refractivity contribution < 1.29 is 4.74 Å². The van der Waals surface area contributed by atoms with Crippen LogP contribution in [0.4, 0.5) is 0 Å². The number of rotatable bonds is 3. The summed E-state index contributed by atoms with van der Waals surface area (Å²) in [6, 6.07) is 6.01. The van der Waals surface area contributed by atoms with Gasteiger partial charge in [-0.3, -0.25) is 0 Å². The topological polar surface area (TPSA) is 55.0 Å². The maximum atomic E-state index is 10.9. The molecule has 1 aromatic carbocycles. The standard InChI is InChI=1S/C13H14N2O2/c1-3-9-4-5-12(17-2)11(6-9)10-7-14-13(16)15-8-10/h4-8H,3H2,1-2H3,(H,14,15,16). The first-order valence-electron chi connectivity index (χ1n) is 5.46. The fourth-order valence-electron chi connectivity index (χ4n) is 1.69. The molecule has 1 aromatic heterocycles. The van der Waals surface area contributed by atoms with Gasteiger partial charge in [0.05, 0.1) is 7.11 Å². The van der Waals surface area contributed by atoms with E-state index in [2.05, 4.69) is 16.9 Å². The van der Waals surface area contributed by atoms with Crippen LogP contribution in [0, 0.1) is 0 Å². The highest BCUT2D eigenvalue weighted by Crippen LogP contribution is 2.29. The maximum Gasteiger partial charge on any atom is 0.344 e. The molecule has 2 rings (SSSR count). The lowest BCUT2D eigenvalue weighted by Gasteiger charge is -2.09. The van der Waals surface area contributed by atoms with Crippen LogP contribution in [0.25, 0.3) is 11.1 Å². The SMILES string of the molecule is CCc1ccc(OC)c(-c2cnc(=O)[nH]c2)c1. The van der Waals surface area contributed by atoms with E-state index in [0.717, 1.165) is 23.3 Å². The molecule has 0 aliphatic rings. The van der Waals surface area contributed by atoms with Crippen molar-refractivity contribution in [2.75, 3.05) is 7.11 Å². The van der Waals surface area contributed by atoms with E-state index in [-0.39, 0.29) is 5.69 Å². The summed E-state index contributed by atoms with van der Waals surface area (Å²) in [6.45, 7) is 2.09. The Morgan fingerprint density at radius 1 is 1.41 bits per heavy atom. The van der Waals surface area contributed by atoms with E-state index >= 15 is 0 Å². The van der Waals surface area contributed by atoms with Gasteiger partial charge in [-0.2, -0.15) is 0 Å². The largest absolute Gasteiger partial charge is 0.496 e. The van der Waals surface area contributed by atoms with Crippen LogP contribution >= 0.6 is 0 Å². The smallest absolute Gasteiger partial charge is 0.344 e. The summed E-state index contributed by atoms with van der Waals surface area (Å²) in [6.07, 6.45) is 4.15. The maximum absolute atomic E-state index is 10.9. The summed E-state index contributed by atoms with van der Waals surface area (Å²) in [7, 11) is 1.63. The van der Waals surface area contributed by atoms with Crippen molar-refractivity contribution in [1.82, 2.24) is 9.97 Å². The molecule has 1 heterocycles. The van der Waals surface area contributed by atoms with Gasteiger partial charge in [-0.1, -0.05) is 13.0 Å². The Morgan fingerprint density at radius 3 is 2.82 bits per heavy atom. The van der Waals surface area contributed by atoms with Gasteiger partial charge in [0.15, 0.2) is 0 Å². The third-order valence-corrected chi connectivity index (χ3v) is 2.66. The normalized spacial score (nSPS) is 10.2. The molecule has 0 saturated carbocycles. The molecule has 0 aliphatic carbocycles. The average Bonchev–Trinajstić information content (AvgIpc) is 2.39. The monoisotopic (exact) mass is 230 g/mol. The minimum absolute atomic E-state index is 0.348. The number of hydrogen-bond donors (Lipinski definition) is 1. The zero-order valence-corrected chi connectivity index (χ0v) is 9.86. The van der Waals surface area contributed by atoms with E-state index < -0.39 is 0 Å². The number of benzene rings is 1. The average molecular weight is 230 g/mol. The molecule has 0 atom stereocenters. The van der Waals surface area contributed by atoms with Crippen LogP contribution in [0.5, 0.6) is 5.75 Å². The van der Waals surface area contributed by atoms with Crippen LogP contribution in [0.3, 0.4) is 0 Å². The van der Waals surface area contributed by atoms with Crippen LogP contribution in [-0.4, -0.2) is 17.1 Å². The quantitative estimate of drug-likeness (QED) is 0.877. The van der Waals surface area contributed by atoms with Crippen molar-refractivity contribution in [3.8, 4) is 16.9 Å². The van der Waals surface area contributed by atoms with Crippen molar-refractivity contribution in [3.63, 3.8) is 0 Å². The second kappa shape index (κ2) is 4.82. The summed E-state index contributed by atoms with van der Waals surface area (Å²) in [5.74, 6) is 0.774. The Hall–Kier alpha value is -2.10. The number of nitrogens with one attached hydrogen (secondary N) is 1. The molecule has 2 aromatic rings. The highest BCUT2D eigenvalue weighted by atomic mass is 16.5. The molecule has 0 saturated heterocycles. The van der Waals surface area contributed by atoms with Crippen molar-refractivity contribution in [1.29, 1.82) is 0 Å². The lowest BCUT2D eigenvalue weighted by atomic mass is 10.0. The third kappa shape index (κ3) is 2.36. The number of methoxy groups -OCH3 is 1. The summed E-state index contributed by atoms with van der Waals surface area (Å²) in [4.78, 5) is 17.2. The molecule has 0 fully saturated rings. The number of ether oxygens (including phenoxy) is 1. The first kappa shape index (κ1) is 11.4. The van der Waals surface area contributed by atoms with E-state index in [4.69, 9.17) is 4.74 Å². The lowest BCUT2D eigenvalue weighted by molar-refractivity contribution is 0.416. The second-order valence-electron chi connectivity index (χ2n) is 3.70. The summed E-state index contributed by atoms with van der Waals surface area (Å²) < 4.78 is 5.31. The van der Waals surface area contributed by atoms with Gasteiger partial charge in [0.2, 0.25) is 0 Å². The molecule has 0 spiro atoms. The molecular weight excluding hydrogens is 216 g/mol. The summed E-state index contributed by atoms with van der Waals surface area (Å²) >= 11 is 0. The third-order valence-electron chi connectivity index (χ3n) is 2.66. The first-order valence-corrected chi connectivity index (χ1v) is 5.46. The summed E-state index contributed by atoms with van der Waals surface area (Å²) in [5, 5.41) is 0. The van der Waals surface area contributed by atoms with E-state index in [1.165, 1.54) is 5.56 Å². The van der Waals surface area contributed by atoms with Crippen LogP contribution < -0.4 is 10.4 Å². The van der Waals surface area contributed by atoms with Crippen LogP contribution in [-0.2, 0) is 6.42 Å². The Labute approximate surface area is 99.3 Å². The predicted molar refractivity (Wildman–Crippen MR) is 66.2 cm³/mol. The van der Waals surface area contributed by atoms with E-state index in [9.17, 15) is 4.79 Å². The molecule has 17 heavy (non-hydrogen) atoms. The molecule has 1 N–H and O–H groups in total. The molecule has 0 radical (unpaired) electrons. The van der Waals surface area contributed by atoms with Gasteiger partial charge in [0, 0.05) is 23.5 Å². The number of aromatic amines is 1. The van der Waals surface area contributed by atoms with Crippen LogP contribution in [0.15, 0.2) is 35.4 Å². The molecule has 0 amide bonds. The second-order valence-corrected chi connectivity index (χ2v) is 3.70. The van der Waals surface area contributed by atoms with Gasteiger partial charge in [0.25, 0.3) is 0 Å².